The molecule has 1 unspecified atom stereocenters. The summed E-state index contributed by atoms with van der Waals surface area (Å²) >= 11 is 6.37. The summed E-state index contributed by atoms with van der Waals surface area (Å²) in [6.45, 7) is 2.68. The van der Waals surface area contributed by atoms with Gasteiger partial charge in [-0.15, -0.1) is 0 Å². The van der Waals surface area contributed by atoms with Crippen LogP contribution in [0.3, 0.4) is 0 Å². The van der Waals surface area contributed by atoms with E-state index >= 15 is 0 Å². The summed E-state index contributed by atoms with van der Waals surface area (Å²) in [7, 11) is 0. The monoisotopic (exact) mass is 278 g/mol. The first kappa shape index (κ1) is 13.0. The minimum atomic E-state index is 0.450. The standard InChI is InChI=1S/C15H19ClN2O/c16-15-12-5-1-2-6-13(12)18-14(15)10-17-8-7-11-4-3-9-19-11/h1-2,5-6,11,17-18H,3-4,7-10H2. The van der Waals surface area contributed by atoms with E-state index in [2.05, 4.69) is 16.4 Å². The molecule has 19 heavy (non-hydrogen) atoms. The molecule has 0 radical (unpaired) electrons. The lowest BCUT2D eigenvalue weighted by atomic mass is 10.2. The van der Waals surface area contributed by atoms with Gasteiger partial charge in [-0.2, -0.15) is 0 Å². The summed E-state index contributed by atoms with van der Waals surface area (Å²) in [5.74, 6) is 0. The van der Waals surface area contributed by atoms with Crippen molar-refractivity contribution < 1.29 is 4.74 Å². The molecule has 3 rings (SSSR count). The number of rotatable bonds is 5. The molecule has 0 amide bonds. The Labute approximate surface area is 118 Å². The van der Waals surface area contributed by atoms with Crippen molar-refractivity contribution in [2.45, 2.75) is 31.9 Å². The normalized spacial score (nSPS) is 19.3. The second-order valence-corrected chi connectivity index (χ2v) is 5.44. The van der Waals surface area contributed by atoms with E-state index in [0.717, 1.165) is 47.7 Å². The van der Waals surface area contributed by atoms with Crippen molar-refractivity contribution >= 4 is 22.5 Å². The van der Waals surface area contributed by atoms with E-state index in [0.29, 0.717) is 6.10 Å². The average Bonchev–Trinajstić information content (AvgIpc) is 3.04. The lowest BCUT2D eigenvalue weighted by molar-refractivity contribution is 0.104. The van der Waals surface area contributed by atoms with Crippen LogP contribution < -0.4 is 5.32 Å². The predicted octanol–water partition coefficient (Wildman–Crippen LogP) is 3.48. The van der Waals surface area contributed by atoms with E-state index in [1.54, 1.807) is 0 Å². The maximum atomic E-state index is 6.37. The van der Waals surface area contributed by atoms with Gasteiger partial charge in [0.1, 0.15) is 0 Å². The summed E-state index contributed by atoms with van der Waals surface area (Å²) in [6.07, 6.45) is 3.94. The zero-order valence-corrected chi connectivity index (χ0v) is 11.7. The molecule has 4 heteroatoms. The van der Waals surface area contributed by atoms with Crippen LogP contribution in [0.4, 0.5) is 0 Å². The van der Waals surface area contributed by atoms with Crippen LogP contribution in [0.15, 0.2) is 24.3 Å². The predicted molar refractivity (Wildman–Crippen MR) is 78.6 cm³/mol. The molecule has 1 saturated heterocycles. The van der Waals surface area contributed by atoms with Gasteiger partial charge in [0.15, 0.2) is 0 Å². The topological polar surface area (TPSA) is 37.0 Å². The quantitative estimate of drug-likeness (QED) is 0.822. The Morgan fingerprint density at radius 1 is 1.37 bits per heavy atom. The SMILES string of the molecule is Clc1c(CNCCC2CCCO2)[nH]c2ccccc12. The highest BCUT2D eigenvalue weighted by atomic mass is 35.5. The lowest BCUT2D eigenvalue weighted by Crippen LogP contribution is -2.20. The van der Waals surface area contributed by atoms with Crippen LogP contribution in [0.2, 0.25) is 5.02 Å². The Morgan fingerprint density at radius 2 is 2.26 bits per heavy atom. The van der Waals surface area contributed by atoms with Gasteiger partial charge in [0.25, 0.3) is 0 Å². The fourth-order valence-corrected chi connectivity index (χ4v) is 2.91. The zero-order valence-electron chi connectivity index (χ0n) is 10.9. The summed E-state index contributed by atoms with van der Waals surface area (Å²) in [4.78, 5) is 3.37. The number of fused-ring (bicyclic) bond motifs is 1. The van der Waals surface area contributed by atoms with Crippen LogP contribution in [-0.2, 0) is 11.3 Å². The van der Waals surface area contributed by atoms with Crippen LogP contribution in [0.1, 0.15) is 25.0 Å². The van der Waals surface area contributed by atoms with Crippen LogP contribution in [0.25, 0.3) is 10.9 Å². The van der Waals surface area contributed by atoms with E-state index in [4.69, 9.17) is 16.3 Å². The fraction of sp³-hybridized carbons (Fsp3) is 0.467. The van der Waals surface area contributed by atoms with E-state index in [-0.39, 0.29) is 0 Å². The Bertz CT molecular complexity index is 546. The van der Waals surface area contributed by atoms with Gasteiger partial charge in [-0.25, -0.2) is 0 Å². The van der Waals surface area contributed by atoms with Gasteiger partial charge in [-0.3, -0.25) is 0 Å². The van der Waals surface area contributed by atoms with Gasteiger partial charge in [0.2, 0.25) is 0 Å². The smallest absolute Gasteiger partial charge is 0.0705 e. The summed E-state index contributed by atoms with van der Waals surface area (Å²) < 4.78 is 5.60. The molecular weight excluding hydrogens is 260 g/mol. The molecule has 1 aliphatic heterocycles. The van der Waals surface area contributed by atoms with E-state index in [1.807, 2.05) is 18.2 Å². The highest BCUT2D eigenvalue weighted by molar-refractivity contribution is 6.36. The highest BCUT2D eigenvalue weighted by Gasteiger charge is 2.14. The van der Waals surface area contributed by atoms with Crippen molar-refractivity contribution in [1.29, 1.82) is 0 Å². The third-order valence-electron chi connectivity index (χ3n) is 3.68. The molecule has 2 heterocycles. The first-order chi connectivity index (χ1) is 9.34. The molecule has 102 valence electrons. The Kier molecular flexibility index (Phi) is 4.06. The Morgan fingerprint density at radius 3 is 3.05 bits per heavy atom. The number of H-pyrrole nitrogens is 1. The maximum Gasteiger partial charge on any atom is 0.0705 e. The first-order valence-electron chi connectivity index (χ1n) is 6.92. The van der Waals surface area contributed by atoms with E-state index in [9.17, 15) is 0 Å². The molecule has 2 N–H and O–H groups in total. The summed E-state index contributed by atoms with van der Waals surface area (Å²) in [5.41, 5.74) is 2.17. The molecule has 0 bridgehead atoms. The molecule has 1 atom stereocenters. The molecule has 1 aromatic carbocycles. The summed E-state index contributed by atoms with van der Waals surface area (Å²) in [6, 6.07) is 8.13. The Hall–Kier alpha value is -1.03. The maximum absolute atomic E-state index is 6.37. The lowest BCUT2D eigenvalue weighted by Gasteiger charge is -2.09. The van der Waals surface area contributed by atoms with Crippen LogP contribution in [0.5, 0.6) is 0 Å². The number of halogens is 1. The van der Waals surface area contributed by atoms with Crippen molar-refractivity contribution in [3.63, 3.8) is 0 Å². The van der Waals surface area contributed by atoms with Crippen molar-refractivity contribution in [3.8, 4) is 0 Å². The summed E-state index contributed by atoms with van der Waals surface area (Å²) in [5, 5.41) is 5.37. The minimum Gasteiger partial charge on any atom is -0.378 e. The Balaban J connectivity index is 1.54. The second kappa shape index (κ2) is 5.95. The number of hydrogen-bond acceptors (Lipinski definition) is 2. The number of ether oxygens (including phenoxy) is 1. The van der Waals surface area contributed by atoms with Crippen LogP contribution in [-0.4, -0.2) is 24.2 Å². The average molecular weight is 279 g/mol. The number of para-hydroxylation sites is 1. The second-order valence-electron chi connectivity index (χ2n) is 5.06. The largest absolute Gasteiger partial charge is 0.378 e. The number of nitrogens with one attached hydrogen (secondary N) is 2. The van der Waals surface area contributed by atoms with Gasteiger partial charge in [-0.1, -0.05) is 29.8 Å². The van der Waals surface area contributed by atoms with Gasteiger partial charge in [0.05, 0.1) is 11.1 Å². The number of aromatic nitrogens is 1. The third kappa shape index (κ3) is 2.94. The van der Waals surface area contributed by atoms with Gasteiger partial charge < -0.3 is 15.0 Å². The number of benzene rings is 1. The molecule has 2 aromatic rings. The van der Waals surface area contributed by atoms with Crippen LogP contribution in [0, 0.1) is 0 Å². The molecule has 1 fully saturated rings. The van der Waals surface area contributed by atoms with E-state index in [1.165, 1.54) is 12.8 Å². The first-order valence-corrected chi connectivity index (χ1v) is 7.30. The number of hydrogen-bond donors (Lipinski definition) is 2. The van der Waals surface area contributed by atoms with Gasteiger partial charge >= 0.3 is 0 Å². The van der Waals surface area contributed by atoms with Gasteiger partial charge in [-0.05, 0) is 31.9 Å². The molecule has 0 aliphatic carbocycles. The van der Waals surface area contributed by atoms with Crippen molar-refractivity contribution in [3.05, 3.63) is 35.0 Å². The molecule has 3 nitrogen and oxygen atoms in total. The molecular formula is C15H19ClN2O. The van der Waals surface area contributed by atoms with Crippen molar-refractivity contribution in [2.75, 3.05) is 13.2 Å². The van der Waals surface area contributed by atoms with Crippen molar-refractivity contribution in [1.82, 2.24) is 10.3 Å². The fourth-order valence-electron chi connectivity index (χ4n) is 2.63. The van der Waals surface area contributed by atoms with Crippen molar-refractivity contribution in [2.24, 2.45) is 0 Å². The molecule has 1 aliphatic rings. The van der Waals surface area contributed by atoms with Crippen LogP contribution >= 0.6 is 11.6 Å². The minimum absolute atomic E-state index is 0.450. The zero-order chi connectivity index (χ0) is 13.1. The third-order valence-corrected chi connectivity index (χ3v) is 4.11. The molecule has 0 saturated carbocycles. The molecule has 0 spiro atoms. The van der Waals surface area contributed by atoms with E-state index < -0.39 is 0 Å². The highest BCUT2D eigenvalue weighted by Crippen LogP contribution is 2.26. The number of aromatic amines is 1. The molecule has 1 aromatic heterocycles. The van der Waals surface area contributed by atoms with Gasteiger partial charge in [0, 0.05) is 29.7 Å².